The van der Waals surface area contributed by atoms with Crippen molar-refractivity contribution in [3.63, 3.8) is 0 Å². The first-order valence-electron chi connectivity index (χ1n) is 4.98. The van der Waals surface area contributed by atoms with Crippen molar-refractivity contribution in [1.82, 2.24) is 9.97 Å². The second-order valence-electron chi connectivity index (χ2n) is 3.49. The van der Waals surface area contributed by atoms with Crippen molar-refractivity contribution >= 4 is 23.1 Å². The van der Waals surface area contributed by atoms with Gasteiger partial charge in [-0.05, 0) is 19.1 Å². The van der Waals surface area contributed by atoms with Crippen LogP contribution < -0.4 is 5.32 Å². The normalized spacial score (nSPS) is 10.2. The van der Waals surface area contributed by atoms with Gasteiger partial charge in [-0.15, -0.1) is 11.3 Å². The standard InChI is InChI=1S/C11H11N3O2S/c1-7-2-3-9(11(15)16)10(14-7)12-4-8-5-17-6-13-8/h2-3,5-6H,4H2,1H3,(H,12,14)(H,15,16). The quantitative estimate of drug-likeness (QED) is 0.868. The highest BCUT2D eigenvalue weighted by Crippen LogP contribution is 2.14. The van der Waals surface area contributed by atoms with Gasteiger partial charge in [0.15, 0.2) is 0 Å². The molecule has 0 atom stereocenters. The molecule has 0 aliphatic carbocycles. The number of nitrogens with zero attached hydrogens (tertiary/aromatic N) is 2. The van der Waals surface area contributed by atoms with Crippen LogP contribution in [-0.2, 0) is 6.54 Å². The Morgan fingerprint density at radius 2 is 2.35 bits per heavy atom. The first-order valence-corrected chi connectivity index (χ1v) is 5.93. The van der Waals surface area contributed by atoms with E-state index in [0.29, 0.717) is 12.4 Å². The number of aromatic nitrogens is 2. The molecule has 5 nitrogen and oxygen atoms in total. The molecule has 2 rings (SSSR count). The zero-order chi connectivity index (χ0) is 12.3. The number of hydrogen-bond acceptors (Lipinski definition) is 5. The van der Waals surface area contributed by atoms with Crippen molar-refractivity contribution in [3.05, 3.63) is 40.0 Å². The Balaban J connectivity index is 2.19. The number of carboxylic acids is 1. The van der Waals surface area contributed by atoms with E-state index in [1.54, 1.807) is 17.6 Å². The summed E-state index contributed by atoms with van der Waals surface area (Å²) in [5.41, 5.74) is 3.55. The summed E-state index contributed by atoms with van der Waals surface area (Å²) in [6.07, 6.45) is 0. The molecular weight excluding hydrogens is 238 g/mol. The fourth-order valence-corrected chi connectivity index (χ4v) is 1.92. The van der Waals surface area contributed by atoms with Gasteiger partial charge in [0, 0.05) is 11.1 Å². The van der Waals surface area contributed by atoms with E-state index in [1.165, 1.54) is 11.3 Å². The maximum absolute atomic E-state index is 11.0. The number of anilines is 1. The molecule has 0 unspecified atom stereocenters. The molecule has 0 saturated carbocycles. The summed E-state index contributed by atoms with van der Waals surface area (Å²) in [5.74, 6) is -0.608. The molecular formula is C11H11N3O2S. The molecule has 0 saturated heterocycles. The van der Waals surface area contributed by atoms with E-state index in [4.69, 9.17) is 5.11 Å². The second-order valence-corrected chi connectivity index (χ2v) is 4.21. The van der Waals surface area contributed by atoms with E-state index in [9.17, 15) is 4.79 Å². The average molecular weight is 249 g/mol. The lowest BCUT2D eigenvalue weighted by atomic mass is 10.2. The number of aromatic carboxylic acids is 1. The van der Waals surface area contributed by atoms with Crippen LogP contribution in [0.1, 0.15) is 21.7 Å². The maximum atomic E-state index is 11.0. The minimum atomic E-state index is -0.988. The Morgan fingerprint density at radius 3 is 3.00 bits per heavy atom. The van der Waals surface area contributed by atoms with Gasteiger partial charge in [0.25, 0.3) is 0 Å². The molecule has 0 aromatic carbocycles. The van der Waals surface area contributed by atoms with E-state index in [1.807, 2.05) is 12.3 Å². The Labute approximate surface area is 102 Å². The number of rotatable bonds is 4. The third-order valence-corrected chi connectivity index (χ3v) is 2.82. The lowest BCUT2D eigenvalue weighted by Crippen LogP contribution is -2.09. The third-order valence-electron chi connectivity index (χ3n) is 2.19. The van der Waals surface area contributed by atoms with Crippen LogP contribution in [0.15, 0.2) is 23.0 Å². The first kappa shape index (κ1) is 11.5. The van der Waals surface area contributed by atoms with Gasteiger partial charge >= 0.3 is 5.97 Å². The van der Waals surface area contributed by atoms with E-state index in [0.717, 1.165) is 11.4 Å². The number of nitrogens with one attached hydrogen (secondary N) is 1. The molecule has 17 heavy (non-hydrogen) atoms. The summed E-state index contributed by atoms with van der Waals surface area (Å²) in [6.45, 7) is 2.29. The second kappa shape index (κ2) is 4.92. The molecule has 88 valence electrons. The highest BCUT2D eigenvalue weighted by atomic mass is 32.1. The zero-order valence-electron chi connectivity index (χ0n) is 9.17. The predicted octanol–water partition coefficient (Wildman–Crippen LogP) is 2.16. The Morgan fingerprint density at radius 1 is 1.53 bits per heavy atom. The number of aryl methyl sites for hydroxylation is 1. The van der Waals surface area contributed by atoms with Gasteiger partial charge in [-0.3, -0.25) is 0 Å². The number of hydrogen-bond donors (Lipinski definition) is 2. The van der Waals surface area contributed by atoms with E-state index < -0.39 is 5.97 Å². The molecule has 0 fully saturated rings. The summed E-state index contributed by atoms with van der Waals surface area (Å²) in [6, 6.07) is 3.23. The third kappa shape index (κ3) is 2.79. The smallest absolute Gasteiger partial charge is 0.339 e. The minimum Gasteiger partial charge on any atom is -0.478 e. The van der Waals surface area contributed by atoms with Crippen molar-refractivity contribution in [2.75, 3.05) is 5.32 Å². The SMILES string of the molecule is Cc1ccc(C(=O)O)c(NCc2cscn2)n1. The van der Waals surface area contributed by atoms with Gasteiger partial charge in [-0.25, -0.2) is 14.8 Å². The van der Waals surface area contributed by atoms with Crippen LogP contribution in [0.4, 0.5) is 5.82 Å². The lowest BCUT2D eigenvalue weighted by molar-refractivity contribution is 0.0697. The van der Waals surface area contributed by atoms with E-state index in [-0.39, 0.29) is 5.56 Å². The van der Waals surface area contributed by atoms with E-state index >= 15 is 0 Å². The van der Waals surface area contributed by atoms with Crippen molar-refractivity contribution in [2.24, 2.45) is 0 Å². The largest absolute Gasteiger partial charge is 0.478 e. The molecule has 0 bridgehead atoms. The van der Waals surface area contributed by atoms with Crippen LogP contribution in [0.25, 0.3) is 0 Å². The summed E-state index contributed by atoms with van der Waals surface area (Å²) < 4.78 is 0. The number of carboxylic acid groups (broad SMARTS) is 1. The molecule has 0 aliphatic heterocycles. The fraction of sp³-hybridized carbons (Fsp3) is 0.182. The van der Waals surface area contributed by atoms with Crippen molar-refractivity contribution in [3.8, 4) is 0 Å². The molecule has 0 aliphatic rings. The van der Waals surface area contributed by atoms with Crippen LogP contribution in [0.2, 0.25) is 0 Å². The molecule has 2 aromatic heterocycles. The van der Waals surface area contributed by atoms with Gasteiger partial charge in [-0.2, -0.15) is 0 Å². The summed E-state index contributed by atoms with van der Waals surface area (Å²) in [5, 5.41) is 13.9. The van der Waals surface area contributed by atoms with Crippen molar-refractivity contribution < 1.29 is 9.90 Å². The zero-order valence-corrected chi connectivity index (χ0v) is 9.99. The summed E-state index contributed by atoms with van der Waals surface area (Å²) in [7, 11) is 0. The molecule has 0 radical (unpaired) electrons. The Hall–Kier alpha value is -1.95. The van der Waals surface area contributed by atoms with Crippen LogP contribution >= 0.6 is 11.3 Å². The molecule has 0 amide bonds. The summed E-state index contributed by atoms with van der Waals surface area (Å²) >= 11 is 1.50. The summed E-state index contributed by atoms with van der Waals surface area (Å²) in [4.78, 5) is 19.3. The van der Waals surface area contributed by atoms with E-state index in [2.05, 4.69) is 15.3 Å². The van der Waals surface area contributed by atoms with Gasteiger partial charge in [0.05, 0.1) is 17.7 Å². The number of carbonyl (C=O) groups is 1. The fourth-order valence-electron chi connectivity index (χ4n) is 1.36. The first-order chi connectivity index (χ1) is 8.16. The van der Waals surface area contributed by atoms with Gasteiger partial charge in [0.1, 0.15) is 11.4 Å². The minimum absolute atomic E-state index is 0.172. The Bertz CT molecular complexity index is 526. The van der Waals surface area contributed by atoms with Crippen LogP contribution in [-0.4, -0.2) is 21.0 Å². The van der Waals surface area contributed by atoms with Gasteiger partial charge in [0.2, 0.25) is 0 Å². The van der Waals surface area contributed by atoms with Gasteiger partial charge < -0.3 is 10.4 Å². The highest BCUT2D eigenvalue weighted by molar-refractivity contribution is 7.07. The average Bonchev–Trinajstić information content (AvgIpc) is 2.78. The predicted molar refractivity (Wildman–Crippen MR) is 65.4 cm³/mol. The monoisotopic (exact) mass is 249 g/mol. The lowest BCUT2D eigenvalue weighted by Gasteiger charge is -2.07. The molecule has 0 spiro atoms. The van der Waals surface area contributed by atoms with Crippen molar-refractivity contribution in [1.29, 1.82) is 0 Å². The molecule has 2 N–H and O–H groups in total. The maximum Gasteiger partial charge on any atom is 0.339 e. The Kier molecular flexibility index (Phi) is 3.34. The van der Waals surface area contributed by atoms with Crippen LogP contribution in [0.5, 0.6) is 0 Å². The number of pyridine rings is 1. The molecule has 2 aromatic rings. The topological polar surface area (TPSA) is 75.1 Å². The van der Waals surface area contributed by atoms with Crippen molar-refractivity contribution in [2.45, 2.75) is 13.5 Å². The number of thiazole rings is 1. The molecule has 2 heterocycles. The van der Waals surface area contributed by atoms with Crippen LogP contribution in [0.3, 0.4) is 0 Å². The van der Waals surface area contributed by atoms with Gasteiger partial charge in [-0.1, -0.05) is 0 Å². The highest BCUT2D eigenvalue weighted by Gasteiger charge is 2.11. The van der Waals surface area contributed by atoms with Crippen LogP contribution in [0, 0.1) is 6.92 Å². The molecule has 6 heteroatoms.